The molecule has 0 aromatic heterocycles. The number of hydrogen-bond acceptors (Lipinski definition) is 4. The molecule has 1 fully saturated rings. The van der Waals surface area contributed by atoms with E-state index in [4.69, 9.17) is 4.74 Å². The zero-order valence-electron chi connectivity index (χ0n) is 16.7. The minimum Gasteiger partial charge on any atom is -0.481 e. The number of halogens is 1. The van der Waals surface area contributed by atoms with E-state index < -0.39 is 6.10 Å². The summed E-state index contributed by atoms with van der Waals surface area (Å²) in [5, 5.41) is 2.75. The van der Waals surface area contributed by atoms with Crippen molar-refractivity contribution in [2.45, 2.75) is 20.0 Å². The number of piperazine rings is 1. The van der Waals surface area contributed by atoms with Crippen LogP contribution in [0.25, 0.3) is 0 Å². The molecule has 0 bridgehead atoms. The van der Waals surface area contributed by atoms with Crippen molar-refractivity contribution in [2.75, 3.05) is 38.0 Å². The third kappa shape index (κ3) is 6.02. The monoisotopic (exact) mass is 399 g/mol. The summed E-state index contributed by atoms with van der Waals surface area (Å²) in [6, 6.07) is 13.3. The van der Waals surface area contributed by atoms with Gasteiger partial charge in [0.2, 0.25) is 5.91 Å². The highest BCUT2D eigenvalue weighted by Crippen LogP contribution is 2.16. The van der Waals surface area contributed by atoms with Gasteiger partial charge in [0.1, 0.15) is 11.6 Å². The number of aryl methyl sites for hydroxylation is 1. The van der Waals surface area contributed by atoms with Crippen molar-refractivity contribution in [1.29, 1.82) is 0 Å². The number of nitrogens with one attached hydrogen (secondary N) is 1. The van der Waals surface area contributed by atoms with Crippen LogP contribution in [0.2, 0.25) is 0 Å². The first kappa shape index (κ1) is 20.8. The van der Waals surface area contributed by atoms with E-state index in [2.05, 4.69) is 5.32 Å². The Morgan fingerprint density at radius 3 is 2.45 bits per heavy atom. The SMILES string of the molecule is Cc1cccc(OC(C)C(=O)N2CCN(CC(=O)Nc3ccc(F)cc3)CC2)c1. The zero-order chi connectivity index (χ0) is 20.8. The second-order valence-electron chi connectivity index (χ2n) is 7.23. The number of hydrogen-bond donors (Lipinski definition) is 1. The van der Waals surface area contributed by atoms with Gasteiger partial charge in [-0.05, 0) is 55.8 Å². The Labute approximate surface area is 170 Å². The van der Waals surface area contributed by atoms with Gasteiger partial charge < -0.3 is 15.0 Å². The van der Waals surface area contributed by atoms with E-state index in [1.165, 1.54) is 24.3 Å². The minimum atomic E-state index is -0.565. The summed E-state index contributed by atoms with van der Waals surface area (Å²) in [6.45, 7) is 6.28. The van der Waals surface area contributed by atoms with Gasteiger partial charge in [0.05, 0.1) is 6.54 Å². The fourth-order valence-corrected chi connectivity index (χ4v) is 3.26. The van der Waals surface area contributed by atoms with Crippen LogP contribution in [-0.2, 0) is 9.59 Å². The summed E-state index contributed by atoms with van der Waals surface area (Å²) in [5.74, 6) is 0.126. The first-order valence-corrected chi connectivity index (χ1v) is 9.70. The van der Waals surface area contributed by atoms with Crippen molar-refractivity contribution < 1.29 is 18.7 Å². The van der Waals surface area contributed by atoms with E-state index >= 15 is 0 Å². The van der Waals surface area contributed by atoms with E-state index in [9.17, 15) is 14.0 Å². The van der Waals surface area contributed by atoms with Gasteiger partial charge in [-0.15, -0.1) is 0 Å². The molecule has 1 N–H and O–H groups in total. The van der Waals surface area contributed by atoms with Gasteiger partial charge in [-0.1, -0.05) is 12.1 Å². The normalized spacial score (nSPS) is 15.6. The summed E-state index contributed by atoms with van der Waals surface area (Å²) >= 11 is 0. The van der Waals surface area contributed by atoms with Crippen molar-refractivity contribution in [1.82, 2.24) is 9.80 Å². The third-order valence-electron chi connectivity index (χ3n) is 4.83. The predicted molar refractivity (Wildman–Crippen MR) is 109 cm³/mol. The molecular formula is C22H26FN3O3. The van der Waals surface area contributed by atoms with E-state index in [-0.39, 0.29) is 24.2 Å². The number of nitrogens with zero attached hydrogens (tertiary/aromatic N) is 2. The summed E-state index contributed by atoms with van der Waals surface area (Å²) in [5.41, 5.74) is 1.64. The molecule has 1 saturated heterocycles. The van der Waals surface area contributed by atoms with Gasteiger partial charge in [0, 0.05) is 31.9 Å². The summed E-state index contributed by atoms with van der Waals surface area (Å²) < 4.78 is 18.7. The van der Waals surface area contributed by atoms with Gasteiger partial charge in [-0.25, -0.2) is 4.39 Å². The molecule has 1 unspecified atom stereocenters. The standard InChI is InChI=1S/C22H26FN3O3/c1-16-4-3-5-20(14-16)29-17(2)22(28)26-12-10-25(11-13-26)15-21(27)24-19-8-6-18(23)7-9-19/h3-9,14,17H,10-13,15H2,1-2H3,(H,24,27). The Hall–Kier alpha value is -2.93. The molecule has 2 amide bonds. The Morgan fingerprint density at radius 2 is 1.79 bits per heavy atom. The van der Waals surface area contributed by atoms with Crippen molar-refractivity contribution in [2.24, 2.45) is 0 Å². The molecule has 3 rings (SSSR count). The molecule has 0 spiro atoms. The van der Waals surface area contributed by atoms with E-state index in [0.717, 1.165) is 5.56 Å². The number of amides is 2. The Bertz CT molecular complexity index is 849. The van der Waals surface area contributed by atoms with E-state index in [0.29, 0.717) is 37.6 Å². The number of anilines is 1. The highest BCUT2D eigenvalue weighted by atomic mass is 19.1. The van der Waals surface area contributed by atoms with Crippen molar-refractivity contribution in [3.8, 4) is 5.75 Å². The van der Waals surface area contributed by atoms with Crippen molar-refractivity contribution >= 4 is 17.5 Å². The predicted octanol–water partition coefficient (Wildman–Crippen LogP) is 2.68. The molecule has 1 aliphatic rings. The molecule has 29 heavy (non-hydrogen) atoms. The molecule has 1 heterocycles. The van der Waals surface area contributed by atoms with E-state index in [1.807, 2.05) is 36.1 Å². The maximum atomic E-state index is 12.9. The molecule has 1 aliphatic heterocycles. The lowest BCUT2D eigenvalue weighted by Crippen LogP contribution is -2.53. The zero-order valence-corrected chi connectivity index (χ0v) is 16.7. The molecule has 7 heteroatoms. The highest BCUT2D eigenvalue weighted by Gasteiger charge is 2.26. The number of carbonyl (C=O) groups excluding carboxylic acids is 2. The molecular weight excluding hydrogens is 373 g/mol. The molecule has 2 aromatic carbocycles. The quantitative estimate of drug-likeness (QED) is 0.811. The molecule has 0 radical (unpaired) electrons. The molecule has 0 aliphatic carbocycles. The number of rotatable bonds is 6. The van der Waals surface area contributed by atoms with Crippen LogP contribution in [0, 0.1) is 12.7 Å². The van der Waals surface area contributed by atoms with Crippen LogP contribution in [0.5, 0.6) is 5.75 Å². The number of benzene rings is 2. The van der Waals surface area contributed by atoms with Crippen LogP contribution in [0.3, 0.4) is 0 Å². The topological polar surface area (TPSA) is 61.9 Å². The van der Waals surface area contributed by atoms with Gasteiger partial charge in [-0.2, -0.15) is 0 Å². The molecule has 0 saturated carbocycles. The van der Waals surface area contributed by atoms with Crippen LogP contribution in [0.1, 0.15) is 12.5 Å². The fourth-order valence-electron chi connectivity index (χ4n) is 3.26. The Morgan fingerprint density at radius 1 is 1.10 bits per heavy atom. The van der Waals surface area contributed by atoms with Crippen LogP contribution >= 0.6 is 0 Å². The average molecular weight is 399 g/mol. The van der Waals surface area contributed by atoms with Crippen LogP contribution in [0.15, 0.2) is 48.5 Å². The van der Waals surface area contributed by atoms with Gasteiger partial charge in [0.15, 0.2) is 6.10 Å². The van der Waals surface area contributed by atoms with Crippen LogP contribution in [0.4, 0.5) is 10.1 Å². The lowest BCUT2D eigenvalue weighted by atomic mass is 10.2. The maximum Gasteiger partial charge on any atom is 0.263 e. The second kappa shape index (κ2) is 9.52. The first-order chi connectivity index (χ1) is 13.9. The van der Waals surface area contributed by atoms with Gasteiger partial charge >= 0.3 is 0 Å². The third-order valence-corrected chi connectivity index (χ3v) is 4.83. The average Bonchev–Trinajstić information content (AvgIpc) is 2.70. The molecule has 2 aromatic rings. The minimum absolute atomic E-state index is 0.0538. The van der Waals surface area contributed by atoms with Crippen molar-refractivity contribution in [3.63, 3.8) is 0 Å². The highest BCUT2D eigenvalue weighted by molar-refractivity contribution is 5.92. The lowest BCUT2D eigenvalue weighted by Gasteiger charge is -2.35. The summed E-state index contributed by atoms with van der Waals surface area (Å²) in [6.07, 6.45) is -0.565. The lowest BCUT2D eigenvalue weighted by molar-refractivity contribution is -0.139. The first-order valence-electron chi connectivity index (χ1n) is 9.70. The molecule has 1 atom stereocenters. The number of carbonyl (C=O) groups is 2. The second-order valence-corrected chi connectivity index (χ2v) is 7.23. The van der Waals surface area contributed by atoms with Gasteiger partial charge in [-0.3, -0.25) is 14.5 Å². The Kier molecular flexibility index (Phi) is 6.82. The van der Waals surface area contributed by atoms with Crippen LogP contribution < -0.4 is 10.1 Å². The van der Waals surface area contributed by atoms with E-state index in [1.54, 1.807) is 11.8 Å². The van der Waals surface area contributed by atoms with Crippen molar-refractivity contribution in [3.05, 3.63) is 59.9 Å². The summed E-state index contributed by atoms with van der Waals surface area (Å²) in [4.78, 5) is 28.6. The van der Waals surface area contributed by atoms with Gasteiger partial charge in [0.25, 0.3) is 5.91 Å². The molecule has 154 valence electrons. The maximum absolute atomic E-state index is 12.9. The number of ether oxygens (including phenoxy) is 1. The smallest absolute Gasteiger partial charge is 0.263 e. The largest absolute Gasteiger partial charge is 0.481 e. The Balaban J connectivity index is 1.43. The van der Waals surface area contributed by atoms with Crippen LogP contribution in [-0.4, -0.2) is 60.4 Å². The molecule has 6 nitrogen and oxygen atoms in total. The fraction of sp³-hybridized carbons (Fsp3) is 0.364. The summed E-state index contributed by atoms with van der Waals surface area (Å²) in [7, 11) is 0.